The molecule has 0 amide bonds. The summed E-state index contributed by atoms with van der Waals surface area (Å²) < 4.78 is 32.4. The van der Waals surface area contributed by atoms with Gasteiger partial charge in [0.2, 0.25) is 0 Å². The summed E-state index contributed by atoms with van der Waals surface area (Å²) in [5.41, 5.74) is 0.728. The average Bonchev–Trinajstić information content (AvgIpc) is 2.70. The van der Waals surface area contributed by atoms with E-state index in [1.807, 2.05) is 18.2 Å². The van der Waals surface area contributed by atoms with Crippen molar-refractivity contribution in [2.24, 2.45) is 0 Å². The molecule has 3 aromatic carbocycles. The summed E-state index contributed by atoms with van der Waals surface area (Å²) in [6, 6.07) is 14.0. The fraction of sp³-hybridized carbons (Fsp3) is 0. The molecule has 0 spiro atoms. The van der Waals surface area contributed by atoms with Crippen LogP contribution in [0.2, 0.25) is 0 Å². The van der Waals surface area contributed by atoms with E-state index in [2.05, 4.69) is 15.3 Å². The summed E-state index contributed by atoms with van der Waals surface area (Å²) in [6.07, 6.45) is 1.37. The molecule has 4 rings (SSSR count). The number of rotatable bonds is 5. The van der Waals surface area contributed by atoms with E-state index in [0.29, 0.717) is 28.5 Å². The Balaban J connectivity index is 1.72. The highest BCUT2D eigenvalue weighted by molar-refractivity contribution is 5.90. The standard InChI is InChI=1S/C20H12F2N4O3/c21-12-5-6-19(17(22)7-12)29-15-9-13(8-14(10-15)26(27)28)25-20-16-3-1-2-4-18(16)23-11-24-20/h1-11H,(H,23,24,25). The van der Waals surface area contributed by atoms with Crippen LogP contribution in [0.25, 0.3) is 10.9 Å². The van der Waals surface area contributed by atoms with Crippen LogP contribution in [0.1, 0.15) is 0 Å². The zero-order valence-electron chi connectivity index (χ0n) is 14.7. The second-order valence-corrected chi connectivity index (χ2v) is 6.01. The van der Waals surface area contributed by atoms with E-state index in [1.54, 1.807) is 6.07 Å². The summed E-state index contributed by atoms with van der Waals surface area (Å²) in [6.45, 7) is 0. The van der Waals surface area contributed by atoms with Gasteiger partial charge in [0.15, 0.2) is 11.6 Å². The Bertz CT molecular complexity index is 1230. The lowest BCUT2D eigenvalue weighted by molar-refractivity contribution is -0.384. The third kappa shape index (κ3) is 3.93. The maximum Gasteiger partial charge on any atom is 0.275 e. The molecule has 0 saturated carbocycles. The van der Waals surface area contributed by atoms with Crippen molar-refractivity contribution in [3.8, 4) is 11.5 Å². The van der Waals surface area contributed by atoms with Crippen LogP contribution in [0.15, 0.2) is 67.0 Å². The first-order valence-corrected chi connectivity index (χ1v) is 8.39. The number of nitrogens with zero attached hydrogens (tertiary/aromatic N) is 3. The van der Waals surface area contributed by atoms with E-state index in [1.165, 1.54) is 18.5 Å². The van der Waals surface area contributed by atoms with Crippen molar-refractivity contribution in [1.29, 1.82) is 0 Å². The summed E-state index contributed by atoms with van der Waals surface area (Å²) in [5.74, 6) is -1.49. The first kappa shape index (κ1) is 18.2. The Kier molecular flexibility index (Phi) is 4.70. The number of hydrogen-bond donors (Lipinski definition) is 1. The number of anilines is 2. The van der Waals surface area contributed by atoms with Gasteiger partial charge in [-0.2, -0.15) is 0 Å². The minimum absolute atomic E-state index is 0.00516. The number of hydrogen-bond acceptors (Lipinski definition) is 6. The van der Waals surface area contributed by atoms with Gasteiger partial charge < -0.3 is 10.1 Å². The van der Waals surface area contributed by atoms with E-state index < -0.39 is 16.6 Å². The second kappa shape index (κ2) is 7.47. The van der Waals surface area contributed by atoms with E-state index in [0.717, 1.165) is 18.2 Å². The maximum absolute atomic E-state index is 13.9. The molecule has 29 heavy (non-hydrogen) atoms. The number of para-hydroxylation sites is 1. The molecule has 0 bridgehead atoms. The fourth-order valence-electron chi connectivity index (χ4n) is 2.75. The van der Waals surface area contributed by atoms with Crippen LogP contribution in [-0.2, 0) is 0 Å². The molecule has 7 nitrogen and oxygen atoms in total. The number of nitro groups is 1. The van der Waals surface area contributed by atoms with Gasteiger partial charge in [0.1, 0.15) is 23.7 Å². The molecule has 0 fully saturated rings. The van der Waals surface area contributed by atoms with Crippen molar-refractivity contribution < 1.29 is 18.4 Å². The molecule has 0 aliphatic heterocycles. The van der Waals surface area contributed by atoms with Crippen molar-refractivity contribution in [1.82, 2.24) is 9.97 Å². The number of nitrogens with one attached hydrogen (secondary N) is 1. The quantitative estimate of drug-likeness (QED) is 0.362. The van der Waals surface area contributed by atoms with Gasteiger partial charge in [-0.15, -0.1) is 0 Å². The highest BCUT2D eigenvalue weighted by Gasteiger charge is 2.14. The molecular formula is C20H12F2N4O3. The number of benzene rings is 3. The maximum atomic E-state index is 13.9. The predicted molar refractivity (Wildman–Crippen MR) is 102 cm³/mol. The Hall–Kier alpha value is -4.14. The Morgan fingerprint density at radius 3 is 2.62 bits per heavy atom. The highest BCUT2D eigenvalue weighted by Crippen LogP contribution is 2.33. The van der Waals surface area contributed by atoms with Crippen LogP contribution in [-0.4, -0.2) is 14.9 Å². The first-order chi connectivity index (χ1) is 14.0. The zero-order chi connectivity index (χ0) is 20.4. The molecule has 0 aliphatic carbocycles. The van der Waals surface area contributed by atoms with Crippen molar-refractivity contribution in [3.63, 3.8) is 0 Å². The van der Waals surface area contributed by atoms with Crippen LogP contribution in [0, 0.1) is 21.7 Å². The summed E-state index contributed by atoms with van der Waals surface area (Å²) in [7, 11) is 0. The molecule has 1 N–H and O–H groups in total. The van der Waals surface area contributed by atoms with Gasteiger partial charge >= 0.3 is 0 Å². The minimum Gasteiger partial charge on any atom is -0.454 e. The van der Waals surface area contributed by atoms with Gasteiger partial charge in [-0.3, -0.25) is 10.1 Å². The normalized spacial score (nSPS) is 10.7. The van der Waals surface area contributed by atoms with Gasteiger partial charge in [0.05, 0.1) is 22.2 Å². The van der Waals surface area contributed by atoms with Gasteiger partial charge in [0.25, 0.3) is 5.69 Å². The number of ether oxygens (including phenoxy) is 1. The predicted octanol–water partition coefficient (Wildman–Crippen LogP) is 5.35. The monoisotopic (exact) mass is 394 g/mol. The lowest BCUT2D eigenvalue weighted by Gasteiger charge is -2.11. The number of fused-ring (bicyclic) bond motifs is 1. The number of nitro benzene ring substituents is 1. The smallest absolute Gasteiger partial charge is 0.275 e. The number of non-ortho nitro benzene ring substituents is 1. The summed E-state index contributed by atoms with van der Waals surface area (Å²) in [5, 5.41) is 15.0. The van der Waals surface area contributed by atoms with E-state index >= 15 is 0 Å². The van der Waals surface area contributed by atoms with Crippen molar-refractivity contribution in [2.45, 2.75) is 0 Å². The number of aromatic nitrogens is 2. The van der Waals surface area contributed by atoms with Crippen molar-refractivity contribution in [2.75, 3.05) is 5.32 Å². The largest absolute Gasteiger partial charge is 0.454 e. The molecular weight excluding hydrogens is 382 g/mol. The van der Waals surface area contributed by atoms with Gasteiger partial charge in [-0.25, -0.2) is 18.7 Å². The SMILES string of the molecule is O=[N+]([O-])c1cc(Nc2ncnc3ccccc23)cc(Oc2ccc(F)cc2F)c1. The fourth-order valence-corrected chi connectivity index (χ4v) is 2.75. The van der Waals surface area contributed by atoms with Crippen LogP contribution >= 0.6 is 0 Å². The lowest BCUT2D eigenvalue weighted by atomic mass is 10.2. The van der Waals surface area contributed by atoms with Crippen LogP contribution < -0.4 is 10.1 Å². The molecule has 0 unspecified atom stereocenters. The van der Waals surface area contributed by atoms with E-state index in [9.17, 15) is 18.9 Å². The average molecular weight is 394 g/mol. The second-order valence-electron chi connectivity index (χ2n) is 6.01. The molecule has 9 heteroatoms. The van der Waals surface area contributed by atoms with E-state index in [4.69, 9.17) is 4.74 Å². The van der Waals surface area contributed by atoms with Crippen molar-refractivity contribution >= 4 is 28.1 Å². The molecule has 0 saturated heterocycles. The highest BCUT2D eigenvalue weighted by atomic mass is 19.1. The van der Waals surface area contributed by atoms with Gasteiger partial charge in [-0.1, -0.05) is 12.1 Å². The van der Waals surface area contributed by atoms with Gasteiger partial charge in [0, 0.05) is 23.6 Å². The molecule has 0 atom stereocenters. The molecule has 0 radical (unpaired) electrons. The first-order valence-electron chi connectivity index (χ1n) is 8.39. The Labute approximate surface area is 162 Å². The minimum atomic E-state index is -0.923. The Morgan fingerprint density at radius 2 is 1.83 bits per heavy atom. The summed E-state index contributed by atoms with van der Waals surface area (Å²) >= 11 is 0. The lowest BCUT2D eigenvalue weighted by Crippen LogP contribution is -1.98. The Morgan fingerprint density at radius 1 is 1.00 bits per heavy atom. The number of halogens is 2. The molecule has 4 aromatic rings. The topological polar surface area (TPSA) is 90.2 Å². The van der Waals surface area contributed by atoms with E-state index in [-0.39, 0.29) is 17.2 Å². The zero-order valence-corrected chi connectivity index (χ0v) is 14.7. The van der Waals surface area contributed by atoms with Crippen LogP contribution in [0.3, 0.4) is 0 Å². The molecule has 1 heterocycles. The summed E-state index contributed by atoms with van der Waals surface area (Å²) in [4.78, 5) is 19.0. The molecule has 1 aromatic heterocycles. The van der Waals surface area contributed by atoms with Gasteiger partial charge in [-0.05, 0) is 24.3 Å². The van der Waals surface area contributed by atoms with Crippen LogP contribution in [0.5, 0.6) is 11.5 Å². The third-order valence-electron chi connectivity index (χ3n) is 4.03. The molecule has 144 valence electrons. The molecule has 0 aliphatic rings. The van der Waals surface area contributed by atoms with Crippen LogP contribution in [0.4, 0.5) is 26.0 Å². The van der Waals surface area contributed by atoms with Crippen molar-refractivity contribution in [3.05, 3.63) is 88.7 Å². The third-order valence-corrected chi connectivity index (χ3v) is 4.03.